The standard InChI is InChI=1S/C19H19ClN5O8PS/c1-9(26)29-8-31-34(28)30-6-12-15(33-34)14(27)18(32-12)25-17-13(16(21)22-7-23-17)24-19(25)35-11-4-2-10(20)3-5-11/h2-5,7,12,14-15,18,27H,6,8H2,1H3,(H2,21,22,23)/t12-,14-,15-,18-,34?/m1/s1. The number of nitrogens with two attached hydrogens (primary N) is 1. The Hall–Kier alpha value is -2.29. The first-order valence-corrected chi connectivity index (χ1v) is 12.9. The van der Waals surface area contributed by atoms with Crippen molar-refractivity contribution in [2.75, 3.05) is 19.1 Å². The highest BCUT2D eigenvalue weighted by molar-refractivity contribution is 7.99. The number of ether oxygens (including phenoxy) is 2. The molecule has 0 amide bonds. The third-order valence-corrected chi connectivity index (χ3v) is 7.80. The number of hydrogen-bond donors (Lipinski definition) is 2. The Morgan fingerprint density at radius 3 is 2.89 bits per heavy atom. The number of phosphoric acid groups is 1. The molecule has 4 heterocycles. The van der Waals surface area contributed by atoms with Gasteiger partial charge in [0, 0.05) is 16.8 Å². The number of fused-ring (bicyclic) bond motifs is 2. The van der Waals surface area contributed by atoms with Crippen LogP contribution in [0.4, 0.5) is 5.82 Å². The molecule has 2 aliphatic heterocycles. The molecular weight excluding hydrogens is 525 g/mol. The van der Waals surface area contributed by atoms with E-state index in [9.17, 15) is 14.5 Å². The van der Waals surface area contributed by atoms with Gasteiger partial charge in [0.1, 0.15) is 24.6 Å². The number of rotatable bonds is 6. The monoisotopic (exact) mass is 543 g/mol. The molecule has 3 aromatic rings. The van der Waals surface area contributed by atoms with E-state index in [0.29, 0.717) is 21.3 Å². The summed E-state index contributed by atoms with van der Waals surface area (Å²) in [5, 5.41) is 12.1. The maximum absolute atomic E-state index is 12.8. The smallest absolute Gasteiger partial charge is 0.438 e. The van der Waals surface area contributed by atoms with Gasteiger partial charge in [-0.25, -0.2) is 24.0 Å². The fourth-order valence-electron chi connectivity index (χ4n) is 3.60. The van der Waals surface area contributed by atoms with Gasteiger partial charge < -0.3 is 20.3 Å². The number of esters is 1. The van der Waals surface area contributed by atoms with Crippen LogP contribution in [0.1, 0.15) is 13.2 Å². The number of aliphatic hydroxyl groups excluding tert-OH is 1. The minimum atomic E-state index is -4.11. The van der Waals surface area contributed by atoms with Crippen LogP contribution in [-0.4, -0.2) is 62.3 Å². The van der Waals surface area contributed by atoms with Gasteiger partial charge >= 0.3 is 13.8 Å². The second-order valence-electron chi connectivity index (χ2n) is 7.50. The number of nitrogens with zero attached hydrogens (tertiary/aromatic N) is 4. The van der Waals surface area contributed by atoms with Gasteiger partial charge in [-0.3, -0.25) is 18.4 Å². The van der Waals surface area contributed by atoms with Crippen molar-refractivity contribution in [2.24, 2.45) is 0 Å². The van der Waals surface area contributed by atoms with Gasteiger partial charge in [0.2, 0.25) is 6.79 Å². The predicted molar refractivity (Wildman–Crippen MR) is 121 cm³/mol. The van der Waals surface area contributed by atoms with Gasteiger partial charge in [0.15, 0.2) is 28.4 Å². The fraction of sp³-hybridized carbons (Fsp3) is 0.368. The lowest BCUT2D eigenvalue weighted by Crippen LogP contribution is -2.39. The number of nitrogen functional groups attached to an aromatic ring is 1. The third-order valence-electron chi connectivity index (χ3n) is 5.18. The Morgan fingerprint density at radius 2 is 2.14 bits per heavy atom. The molecule has 2 aromatic heterocycles. The van der Waals surface area contributed by atoms with Crippen molar-refractivity contribution in [3.63, 3.8) is 0 Å². The summed E-state index contributed by atoms with van der Waals surface area (Å²) < 4.78 is 40.7. The predicted octanol–water partition coefficient (Wildman–Crippen LogP) is 2.53. The fourth-order valence-corrected chi connectivity index (χ4v) is 5.90. The summed E-state index contributed by atoms with van der Waals surface area (Å²) in [5.74, 6) is -0.477. The molecule has 1 unspecified atom stereocenters. The number of carbonyl (C=O) groups excluding carboxylic acids is 1. The molecule has 186 valence electrons. The SMILES string of the molecule is CC(=O)OCOP1(=O)OC[C@H]2O[C@@H](n3c(Sc4ccc(Cl)cc4)nc4c(N)ncnc43)[C@H](O)[C@@H]2O1. The lowest BCUT2D eigenvalue weighted by Gasteiger charge is -2.30. The van der Waals surface area contributed by atoms with Crippen LogP contribution in [-0.2, 0) is 32.4 Å². The molecule has 16 heteroatoms. The van der Waals surface area contributed by atoms with E-state index in [1.807, 2.05) is 12.1 Å². The Kier molecular flexibility index (Phi) is 6.72. The Labute approximate surface area is 207 Å². The Balaban J connectivity index is 1.45. The van der Waals surface area contributed by atoms with E-state index in [4.69, 9.17) is 35.6 Å². The van der Waals surface area contributed by atoms with Crippen LogP contribution in [0, 0.1) is 0 Å². The molecule has 0 saturated carbocycles. The van der Waals surface area contributed by atoms with Crippen LogP contribution in [0.15, 0.2) is 40.6 Å². The normalized spacial score (nSPS) is 28.2. The highest BCUT2D eigenvalue weighted by Crippen LogP contribution is 2.57. The molecule has 0 bridgehead atoms. The second kappa shape index (κ2) is 9.64. The summed E-state index contributed by atoms with van der Waals surface area (Å²) in [6.07, 6.45) is -2.92. The van der Waals surface area contributed by atoms with E-state index in [1.54, 1.807) is 16.7 Å². The molecule has 0 radical (unpaired) electrons. The Bertz CT molecular complexity index is 1310. The van der Waals surface area contributed by atoms with Gasteiger partial charge in [-0.2, -0.15) is 0 Å². The number of carbonyl (C=O) groups is 1. The van der Waals surface area contributed by atoms with Crippen molar-refractivity contribution in [3.8, 4) is 0 Å². The number of hydrogen-bond acceptors (Lipinski definition) is 13. The maximum Gasteiger partial charge on any atom is 0.478 e. The van der Waals surface area contributed by atoms with Crippen LogP contribution in [0.25, 0.3) is 11.2 Å². The van der Waals surface area contributed by atoms with Crippen molar-refractivity contribution in [2.45, 2.75) is 41.5 Å². The van der Waals surface area contributed by atoms with Gasteiger partial charge in [-0.15, -0.1) is 0 Å². The average molecular weight is 544 g/mol. The number of anilines is 1. The molecule has 2 saturated heterocycles. The van der Waals surface area contributed by atoms with E-state index in [2.05, 4.69) is 19.7 Å². The number of halogens is 1. The first-order chi connectivity index (χ1) is 16.7. The number of aliphatic hydroxyl groups is 1. The summed E-state index contributed by atoms with van der Waals surface area (Å²) >= 11 is 7.26. The van der Waals surface area contributed by atoms with E-state index < -0.39 is 45.1 Å². The molecule has 3 N–H and O–H groups in total. The van der Waals surface area contributed by atoms with Crippen LogP contribution in [0.3, 0.4) is 0 Å². The quantitative estimate of drug-likeness (QED) is 0.264. The Morgan fingerprint density at radius 1 is 1.37 bits per heavy atom. The molecule has 5 rings (SSSR count). The van der Waals surface area contributed by atoms with E-state index in [1.165, 1.54) is 25.0 Å². The first-order valence-electron chi connectivity index (χ1n) is 10.2. The number of aromatic nitrogens is 4. The lowest BCUT2D eigenvalue weighted by atomic mass is 10.1. The number of benzene rings is 1. The average Bonchev–Trinajstić information content (AvgIpc) is 3.33. The molecule has 0 spiro atoms. The lowest BCUT2D eigenvalue weighted by molar-refractivity contribution is -0.150. The number of phosphoric ester groups is 1. The molecule has 1 aromatic carbocycles. The topological polar surface area (TPSA) is 170 Å². The van der Waals surface area contributed by atoms with Crippen molar-refractivity contribution in [1.82, 2.24) is 19.5 Å². The molecule has 13 nitrogen and oxygen atoms in total. The van der Waals surface area contributed by atoms with E-state index in [0.717, 1.165) is 4.90 Å². The largest absolute Gasteiger partial charge is 0.478 e. The minimum Gasteiger partial charge on any atom is -0.438 e. The molecule has 2 aliphatic rings. The van der Waals surface area contributed by atoms with Gasteiger partial charge in [-0.1, -0.05) is 23.4 Å². The summed E-state index contributed by atoms with van der Waals surface area (Å²) in [5.41, 5.74) is 6.66. The second-order valence-corrected chi connectivity index (χ2v) is 10.6. The zero-order valence-corrected chi connectivity index (χ0v) is 20.5. The molecule has 35 heavy (non-hydrogen) atoms. The van der Waals surface area contributed by atoms with Crippen molar-refractivity contribution in [3.05, 3.63) is 35.6 Å². The summed E-state index contributed by atoms with van der Waals surface area (Å²) in [6, 6.07) is 7.09. The third kappa shape index (κ3) is 4.88. The number of imidazole rings is 1. The van der Waals surface area contributed by atoms with E-state index in [-0.39, 0.29) is 12.4 Å². The van der Waals surface area contributed by atoms with Gasteiger partial charge in [0.05, 0.1) is 6.61 Å². The maximum atomic E-state index is 12.8. The summed E-state index contributed by atoms with van der Waals surface area (Å²) in [6.45, 7) is 0.343. The van der Waals surface area contributed by atoms with Crippen LogP contribution < -0.4 is 5.73 Å². The molecule has 5 atom stereocenters. The minimum absolute atomic E-state index is 0.152. The highest BCUT2D eigenvalue weighted by atomic mass is 35.5. The highest BCUT2D eigenvalue weighted by Gasteiger charge is 2.54. The molecular formula is C19H19ClN5O8PS. The van der Waals surface area contributed by atoms with Gasteiger partial charge in [0.25, 0.3) is 0 Å². The van der Waals surface area contributed by atoms with Crippen molar-refractivity contribution in [1.29, 1.82) is 0 Å². The molecule has 0 aliphatic carbocycles. The zero-order valence-electron chi connectivity index (χ0n) is 18.0. The first kappa shape index (κ1) is 24.4. The summed E-state index contributed by atoms with van der Waals surface area (Å²) in [7, 11) is -4.11. The zero-order chi connectivity index (χ0) is 24.7. The van der Waals surface area contributed by atoms with Crippen molar-refractivity contribution < 1.29 is 37.5 Å². The van der Waals surface area contributed by atoms with Crippen LogP contribution >= 0.6 is 31.2 Å². The molecule has 2 fully saturated rings. The summed E-state index contributed by atoms with van der Waals surface area (Å²) in [4.78, 5) is 24.6. The van der Waals surface area contributed by atoms with Crippen molar-refractivity contribution >= 4 is 54.1 Å². The van der Waals surface area contributed by atoms with E-state index >= 15 is 0 Å². The van der Waals surface area contributed by atoms with Crippen LogP contribution in [0.2, 0.25) is 5.02 Å². The van der Waals surface area contributed by atoms with Gasteiger partial charge in [-0.05, 0) is 24.3 Å². The van der Waals surface area contributed by atoms with Crippen LogP contribution in [0.5, 0.6) is 0 Å².